The van der Waals surface area contributed by atoms with E-state index in [1.165, 1.54) is 6.42 Å². The lowest BCUT2D eigenvalue weighted by Gasteiger charge is -2.36. The van der Waals surface area contributed by atoms with Crippen molar-refractivity contribution in [2.45, 2.75) is 45.7 Å². The number of likely N-dealkylation sites (N-methyl/N-ethyl adjacent to an activating group) is 1. The van der Waals surface area contributed by atoms with Crippen LogP contribution in [-0.2, 0) is 13.0 Å². The molecular formula is C12H22N4O. The molecule has 17 heavy (non-hydrogen) atoms. The molecule has 0 saturated carbocycles. The van der Waals surface area contributed by atoms with Crippen LogP contribution in [0.5, 0.6) is 0 Å². The van der Waals surface area contributed by atoms with Gasteiger partial charge < -0.3 is 9.84 Å². The first-order chi connectivity index (χ1) is 8.33. The van der Waals surface area contributed by atoms with E-state index in [0.29, 0.717) is 6.04 Å². The van der Waals surface area contributed by atoms with E-state index in [1.54, 1.807) is 0 Å². The molecule has 1 N–H and O–H groups in total. The van der Waals surface area contributed by atoms with Gasteiger partial charge in [0.1, 0.15) is 0 Å². The molecule has 2 heterocycles. The average molecular weight is 238 g/mol. The predicted molar refractivity (Wildman–Crippen MR) is 65.7 cm³/mol. The number of nitrogens with one attached hydrogen (secondary N) is 1. The monoisotopic (exact) mass is 238 g/mol. The van der Waals surface area contributed by atoms with Crippen molar-refractivity contribution in [3.8, 4) is 0 Å². The summed E-state index contributed by atoms with van der Waals surface area (Å²) in [6.45, 7) is 8.30. The van der Waals surface area contributed by atoms with Crippen molar-refractivity contribution in [2.75, 3.05) is 19.6 Å². The summed E-state index contributed by atoms with van der Waals surface area (Å²) in [6, 6.07) is 0.631. The third kappa shape index (κ3) is 3.26. The SMILES string of the molecule is CCCCc1noc(CN(CC)C2CNC2)n1. The van der Waals surface area contributed by atoms with Crippen molar-refractivity contribution in [3.05, 3.63) is 11.7 Å². The van der Waals surface area contributed by atoms with Crippen molar-refractivity contribution in [1.29, 1.82) is 0 Å². The molecule has 0 bridgehead atoms. The number of aromatic nitrogens is 2. The zero-order chi connectivity index (χ0) is 12.1. The second-order valence-electron chi connectivity index (χ2n) is 4.58. The third-order valence-corrected chi connectivity index (χ3v) is 3.28. The average Bonchev–Trinajstić information content (AvgIpc) is 2.70. The smallest absolute Gasteiger partial charge is 0.240 e. The zero-order valence-corrected chi connectivity index (χ0v) is 10.8. The van der Waals surface area contributed by atoms with Gasteiger partial charge in [0.25, 0.3) is 0 Å². The minimum atomic E-state index is 0.631. The van der Waals surface area contributed by atoms with Crippen LogP contribution in [0.15, 0.2) is 4.52 Å². The van der Waals surface area contributed by atoms with Gasteiger partial charge in [-0.25, -0.2) is 0 Å². The van der Waals surface area contributed by atoms with Crippen LogP contribution < -0.4 is 5.32 Å². The fourth-order valence-electron chi connectivity index (χ4n) is 2.00. The number of aryl methyl sites for hydroxylation is 1. The van der Waals surface area contributed by atoms with E-state index in [1.807, 2.05) is 0 Å². The van der Waals surface area contributed by atoms with Crippen LogP contribution in [0.3, 0.4) is 0 Å². The quantitative estimate of drug-likeness (QED) is 0.773. The van der Waals surface area contributed by atoms with E-state index in [0.717, 1.165) is 50.7 Å². The summed E-state index contributed by atoms with van der Waals surface area (Å²) in [7, 11) is 0. The van der Waals surface area contributed by atoms with Gasteiger partial charge in [0.2, 0.25) is 5.89 Å². The van der Waals surface area contributed by atoms with E-state index in [9.17, 15) is 0 Å². The zero-order valence-electron chi connectivity index (χ0n) is 10.8. The fourth-order valence-corrected chi connectivity index (χ4v) is 2.00. The molecule has 0 aliphatic carbocycles. The second-order valence-corrected chi connectivity index (χ2v) is 4.58. The molecular weight excluding hydrogens is 216 g/mol. The summed E-state index contributed by atoms with van der Waals surface area (Å²) in [6.07, 6.45) is 3.22. The number of hydrogen-bond donors (Lipinski definition) is 1. The third-order valence-electron chi connectivity index (χ3n) is 3.28. The summed E-state index contributed by atoms with van der Waals surface area (Å²) in [4.78, 5) is 6.82. The first-order valence-electron chi connectivity index (χ1n) is 6.59. The van der Waals surface area contributed by atoms with Crippen molar-refractivity contribution >= 4 is 0 Å². The van der Waals surface area contributed by atoms with Gasteiger partial charge in [-0.1, -0.05) is 25.4 Å². The summed E-state index contributed by atoms with van der Waals surface area (Å²) < 4.78 is 5.29. The highest BCUT2D eigenvalue weighted by molar-refractivity contribution is 4.90. The molecule has 0 aromatic carbocycles. The molecule has 2 rings (SSSR count). The molecule has 1 saturated heterocycles. The Morgan fingerprint density at radius 1 is 1.41 bits per heavy atom. The van der Waals surface area contributed by atoms with E-state index in [-0.39, 0.29) is 0 Å². The number of unbranched alkanes of at least 4 members (excludes halogenated alkanes) is 1. The Morgan fingerprint density at radius 3 is 2.82 bits per heavy atom. The first kappa shape index (κ1) is 12.5. The van der Waals surface area contributed by atoms with Gasteiger partial charge in [0, 0.05) is 25.6 Å². The Labute approximate surface area is 103 Å². The minimum absolute atomic E-state index is 0.631. The highest BCUT2D eigenvalue weighted by atomic mass is 16.5. The Kier molecular flexibility index (Phi) is 4.50. The lowest BCUT2D eigenvalue weighted by Crippen LogP contribution is -2.56. The van der Waals surface area contributed by atoms with E-state index >= 15 is 0 Å². The van der Waals surface area contributed by atoms with Gasteiger partial charge in [-0.05, 0) is 13.0 Å². The van der Waals surface area contributed by atoms with Gasteiger partial charge in [-0.15, -0.1) is 0 Å². The molecule has 0 amide bonds. The van der Waals surface area contributed by atoms with Crippen LogP contribution in [0.2, 0.25) is 0 Å². The normalized spacial score (nSPS) is 16.4. The van der Waals surface area contributed by atoms with Crippen molar-refractivity contribution < 1.29 is 4.52 Å². The second kappa shape index (κ2) is 6.12. The van der Waals surface area contributed by atoms with Crippen LogP contribution in [0.4, 0.5) is 0 Å². The molecule has 1 aliphatic heterocycles. The summed E-state index contributed by atoms with van der Waals surface area (Å²) in [5, 5.41) is 7.30. The van der Waals surface area contributed by atoms with Crippen LogP contribution in [-0.4, -0.2) is 40.7 Å². The number of nitrogens with zero attached hydrogens (tertiary/aromatic N) is 3. The van der Waals surface area contributed by atoms with Gasteiger partial charge in [-0.3, -0.25) is 4.90 Å². The van der Waals surface area contributed by atoms with Crippen molar-refractivity contribution in [1.82, 2.24) is 20.4 Å². The van der Waals surface area contributed by atoms with Crippen LogP contribution in [0.25, 0.3) is 0 Å². The molecule has 1 fully saturated rings. The number of hydrogen-bond acceptors (Lipinski definition) is 5. The molecule has 1 aliphatic rings. The predicted octanol–water partition coefficient (Wildman–Crippen LogP) is 1.21. The summed E-state index contributed by atoms with van der Waals surface area (Å²) in [5.74, 6) is 1.61. The van der Waals surface area contributed by atoms with Crippen LogP contribution in [0, 0.1) is 0 Å². The Bertz CT molecular complexity index is 335. The van der Waals surface area contributed by atoms with Gasteiger partial charge in [-0.2, -0.15) is 4.98 Å². The van der Waals surface area contributed by atoms with Gasteiger partial charge >= 0.3 is 0 Å². The molecule has 96 valence electrons. The van der Waals surface area contributed by atoms with Gasteiger partial charge in [0.05, 0.1) is 6.54 Å². The molecule has 0 spiro atoms. The molecule has 5 heteroatoms. The van der Waals surface area contributed by atoms with E-state index in [2.05, 4.69) is 34.2 Å². The lowest BCUT2D eigenvalue weighted by molar-refractivity contribution is 0.129. The molecule has 0 unspecified atom stereocenters. The molecule has 5 nitrogen and oxygen atoms in total. The highest BCUT2D eigenvalue weighted by Crippen LogP contribution is 2.10. The maximum atomic E-state index is 5.29. The lowest BCUT2D eigenvalue weighted by atomic mass is 10.1. The van der Waals surface area contributed by atoms with Crippen LogP contribution in [0.1, 0.15) is 38.4 Å². The molecule has 1 aromatic heterocycles. The van der Waals surface area contributed by atoms with Crippen molar-refractivity contribution in [3.63, 3.8) is 0 Å². The summed E-state index contributed by atoms with van der Waals surface area (Å²) >= 11 is 0. The maximum Gasteiger partial charge on any atom is 0.240 e. The van der Waals surface area contributed by atoms with E-state index in [4.69, 9.17) is 4.52 Å². The fraction of sp³-hybridized carbons (Fsp3) is 0.833. The Balaban J connectivity index is 1.86. The Morgan fingerprint density at radius 2 is 2.24 bits per heavy atom. The topological polar surface area (TPSA) is 54.2 Å². The maximum absolute atomic E-state index is 5.29. The molecule has 1 aromatic rings. The minimum Gasteiger partial charge on any atom is -0.338 e. The largest absolute Gasteiger partial charge is 0.338 e. The van der Waals surface area contributed by atoms with E-state index < -0.39 is 0 Å². The van der Waals surface area contributed by atoms with Crippen molar-refractivity contribution in [2.24, 2.45) is 0 Å². The highest BCUT2D eigenvalue weighted by Gasteiger charge is 2.24. The Hall–Kier alpha value is -0.940. The first-order valence-corrected chi connectivity index (χ1v) is 6.59. The molecule has 0 radical (unpaired) electrons. The number of rotatable bonds is 7. The standard InChI is InChI=1S/C12H22N4O/c1-3-5-6-11-14-12(17-15-11)9-16(4-2)10-7-13-8-10/h10,13H,3-9H2,1-2H3. The summed E-state index contributed by atoms with van der Waals surface area (Å²) in [5.41, 5.74) is 0. The van der Waals surface area contributed by atoms with Gasteiger partial charge in [0.15, 0.2) is 5.82 Å². The molecule has 0 atom stereocenters. The van der Waals surface area contributed by atoms with Crippen LogP contribution >= 0.6 is 0 Å².